The molecule has 86 valence electrons. The number of hydrogen-bond donors (Lipinski definition) is 1. The van der Waals surface area contributed by atoms with Crippen molar-refractivity contribution in [2.75, 3.05) is 0 Å². The Bertz CT molecular complexity index is 471. The maximum atomic E-state index is 6.25. The Morgan fingerprint density at radius 3 is 2.75 bits per heavy atom. The molecule has 0 aromatic carbocycles. The summed E-state index contributed by atoms with van der Waals surface area (Å²) in [5.74, 6) is 0. The van der Waals surface area contributed by atoms with Gasteiger partial charge in [-0.25, -0.2) is 0 Å². The molecule has 0 bridgehead atoms. The summed E-state index contributed by atoms with van der Waals surface area (Å²) in [6.45, 7) is 4.10. The van der Waals surface area contributed by atoms with Gasteiger partial charge in [-0.1, -0.05) is 0 Å². The molecule has 3 nitrogen and oxygen atoms in total. The zero-order chi connectivity index (χ0) is 11.7. The van der Waals surface area contributed by atoms with Gasteiger partial charge in [0.15, 0.2) is 0 Å². The lowest BCUT2D eigenvalue weighted by Gasteiger charge is -2.11. The molecule has 2 N–H and O–H groups in total. The molecule has 1 atom stereocenters. The Balaban J connectivity index is 2.24. The van der Waals surface area contributed by atoms with E-state index in [1.807, 2.05) is 18.7 Å². The average Bonchev–Trinajstić information content (AvgIpc) is 2.77. The Morgan fingerprint density at radius 1 is 1.50 bits per heavy atom. The number of thiophene rings is 1. The fraction of sp³-hybridized carbons (Fsp3) is 0.417. The van der Waals surface area contributed by atoms with Crippen LogP contribution in [0.4, 0.5) is 0 Å². The Hall–Kier alpha value is -1.13. The number of rotatable bonds is 3. The normalized spacial score (nSPS) is 13.0. The molecule has 2 aromatic rings. The molecule has 2 rings (SSSR count). The van der Waals surface area contributed by atoms with Crippen molar-refractivity contribution in [3.8, 4) is 0 Å². The van der Waals surface area contributed by atoms with Crippen molar-refractivity contribution in [1.82, 2.24) is 9.78 Å². The Morgan fingerprint density at radius 2 is 2.25 bits per heavy atom. The molecule has 0 saturated carbocycles. The summed E-state index contributed by atoms with van der Waals surface area (Å²) in [5, 5.41) is 8.64. The third-order valence-electron chi connectivity index (χ3n) is 2.97. The lowest BCUT2D eigenvalue weighted by Crippen LogP contribution is -2.15. The van der Waals surface area contributed by atoms with E-state index in [2.05, 4.69) is 28.8 Å². The molecule has 0 amide bonds. The van der Waals surface area contributed by atoms with Crippen LogP contribution >= 0.6 is 11.3 Å². The maximum Gasteiger partial charge on any atom is 0.0644 e. The minimum Gasteiger partial charge on any atom is -0.324 e. The maximum absolute atomic E-state index is 6.25. The van der Waals surface area contributed by atoms with E-state index in [1.54, 1.807) is 11.3 Å². The fourth-order valence-electron chi connectivity index (χ4n) is 2.09. The molecule has 0 aliphatic heterocycles. The zero-order valence-electron chi connectivity index (χ0n) is 9.90. The second-order valence-corrected chi connectivity index (χ2v) is 4.93. The number of nitrogens with two attached hydrogens (primary N) is 1. The largest absolute Gasteiger partial charge is 0.324 e. The van der Waals surface area contributed by atoms with Gasteiger partial charge in [-0.05, 0) is 42.7 Å². The van der Waals surface area contributed by atoms with Crippen molar-refractivity contribution in [3.63, 3.8) is 0 Å². The van der Waals surface area contributed by atoms with Gasteiger partial charge in [0.2, 0.25) is 0 Å². The molecule has 0 saturated heterocycles. The first kappa shape index (κ1) is 11.4. The topological polar surface area (TPSA) is 43.8 Å². The van der Waals surface area contributed by atoms with E-state index >= 15 is 0 Å². The summed E-state index contributed by atoms with van der Waals surface area (Å²) in [7, 11) is 1.96. The molecule has 0 spiro atoms. The number of aromatic nitrogens is 2. The zero-order valence-corrected chi connectivity index (χ0v) is 10.7. The molecule has 16 heavy (non-hydrogen) atoms. The predicted molar refractivity (Wildman–Crippen MR) is 67.6 cm³/mol. The van der Waals surface area contributed by atoms with Crippen LogP contribution in [0.3, 0.4) is 0 Å². The quantitative estimate of drug-likeness (QED) is 0.887. The predicted octanol–water partition coefficient (Wildman–Crippen LogP) is 2.34. The summed E-state index contributed by atoms with van der Waals surface area (Å²) in [4.78, 5) is 0. The highest BCUT2D eigenvalue weighted by Crippen LogP contribution is 2.23. The third-order valence-corrected chi connectivity index (χ3v) is 3.70. The van der Waals surface area contributed by atoms with Gasteiger partial charge in [-0.2, -0.15) is 16.4 Å². The van der Waals surface area contributed by atoms with Crippen LogP contribution in [0.2, 0.25) is 0 Å². The van der Waals surface area contributed by atoms with Gasteiger partial charge in [-0.15, -0.1) is 0 Å². The molecule has 4 heteroatoms. The van der Waals surface area contributed by atoms with Gasteiger partial charge in [0.05, 0.1) is 5.69 Å². The molecule has 1 unspecified atom stereocenters. The Labute approximate surface area is 99.9 Å². The van der Waals surface area contributed by atoms with Gasteiger partial charge in [0.25, 0.3) is 0 Å². The van der Waals surface area contributed by atoms with E-state index in [4.69, 9.17) is 5.73 Å². The highest BCUT2D eigenvalue weighted by molar-refractivity contribution is 7.07. The first-order chi connectivity index (χ1) is 7.59. The number of nitrogens with zero attached hydrogens (tertiary/aromatic N) is 2. The van der Waals surface area contributed by atoms with Crippen molar-refractivity contribution < 1.29 is 0 Å². The van der Waals surface area contributed by atoms with Crippen LogP contribution in [0.15, 0.2) is 16.8 Å². The van der Waals surface area contributed by atoms with Gasteiger partial charge >= 0.3 is 0 Å². The Kier molecular flexibility index (Phi) is 3.12. The van der Waals surface area contributed by atoms with Crippen molar-refractivity contribution in [2.45, 2.75) is 26.3 Å². The van der Waals surface area contributed by atoms with E-state index in [-0.39, 0.29) is 6.04 Å². The monoisotopic (exact) mass is 235 g/mol. The number of hydrogen-bond acceptors (Lipinski definition) is 3. The van der Waals surface area contributed by atoms with Gasteiger partial charge < -0.3 is 5.73 Å². The third kappa shape index (κ3) is 2.03. The van der Waals surface area contributed by atoms with Crippen LogP contribution in [0, 0.1) is 13.8 Å². The molecular formula is C12H17N3S. The summed E-state index contributed by atoms with van der Waals surface area (Å²) in [6, 6.07) is 2.18. The van der Waals surface area contributed by atoms with Crippen molar-refractivity contribution >= 4 is 11.3 Å². The van der Waals surface area contributed by atoms with E-state index in [9.17, 15) is 0 Å². The lowest BCUT2D eigenvalue weighted by molar-refractivity contribution is 0.701. The molecular weight excluding hydrogens is 218 g/mol. The summed E-state index contributed by atoms with van der Waals surface area (Å²) >= 11 is 1.71. The highest BCUT2D eigenvalue weighted by atomic mass is 32.1. The fourth-order valence-corrected chi connectivity index (χ4v) is 2.77. The molecule has 2 aromatic heterocycles. The van der Waals surface area contributed by atoms with Crippen LogP contribution in [0.5, 0.6) is 0 Å². The van der Waals surface area contributed by atoms with Gasteiger partial charge in [0, 0.05) is 24.3 Å². The van der Waals surface area contributed by atoms with E-state index < -0.39 is 0 Å². The first-order valence-corrected chi connectivity index (χ1v) is 6.30. The van der Waals surface area contributed by atoms with Gasteiger partial charge in [-0.3, -0.25) is 4.68 Å². The molecule has 0 aliphatic carbocycles. The minimum absolute atomic E-state index is 0.0447. The van der Waals surface area contributed by atoms with Crippen LogP contribution < -0.4 is 5.73 Å². The smallest absolute Gasteiger partial charge is 0.0644 e. The van der Waals surface area contributed by atoms with Crippen molar-refractivity contribution in [3.05, 3.63) is 39.3 Å². The molecule has 0 radical (unpaired) electrons. The second-order valence-electron chi connectivity index (χ2n) is 4.15. The SMILES string of the molecule is Cc1nn(C)c(C)c1C(N)Cc1ccsc1. The van der Waals surface area contributed by atoms with Crippen LogP contribution in [-0.2, 0) is 13.5 Å². The summed E-state index contributed by atoms with van der Waals surface area (Å²) in [6.07, 6.45) is 0.886. The standard InChI is InChI=1S/C12H17N3S/c1-8-12(9(2)15(3)14-8)11(13)6-10-4-5-16-7-10/h4-5,7,11H,6,13H2,1-3H3. The summed E-state index contributed by atoms with van der Waals surface area (Å²) in [5.41, 5.74) is 11.0. The second kappa shape index (κ2) is 4.39. The van der Waals surface area contributed by atoms with Crippen molar-refractivity contribution in [1.29, 1.82) is 0 Å². The average molecular weight is 235 g/mol. The minimum atomic E-state index is 0.0447. The van der Waals surface area contributed by atoms with Crippen molar-refractivity contribution in [2.24, 2.45) is 12.8 Å². The van der Waals surface area contributed by atoms with E-state index in [0.29, 0.717) is 0 Å². The molecule has 0 fully saturated rings. The van der Waals surface area contributed by atoms with E-state index in [1.165, 1.54) is 16.8 Å². The highest BCUT2D eigenvalue weighted by Gasteiger charge is 2.16. The van der Waals surface area contributed by atoms with E-state index in [0.717, 1.165) is 12.1 Å². The molecule has 0 aliphatic rings. The van der Waals surface area contributed by atoms with Crippen LogP contribution in [0.25, 0.3) is 0 Å². The first-order valence-electron chi connectivity index (χ1n) is 5.36. The summed E-state index contributed by atoms with van der Waals surface area (Å²) < 4.78 is 1.90. The van der Waals surface area contributed by atoms with Crippen LogP contribution in [-0.4, -0.2) is 9.78 Å². The molecule has 2 heterocycles. The van der Waals surface area contributed by atoms with Crippen LogP contribution in [0.1, 0.15) is 28.6 Å². The lowest BCUT2D eigenvalue weighted by atomic mass is 10.00. The van der Waals surface area contributed by atoms with Gasteiger partial charge in [0.1, 0.15) is 0 Å². The number of aryl methyl sites for hydroxylation is 2.